The van der Waals surface area contributed by atoms with Crippen LogP contribution < -0.4 is 5.32 Å². The number of hydrogen-bond acceptors (Lipinski definition) is 4. The standard InChI is InChI=1S/C14H27N2O3/c1-14(2,3)19-13(18)16(4)10-9-15-11-7-5-6-8-12(11)17/h11-12,15,17H,4-10H2,1-3H3/q+1. The molecule has 19 heavy (non-hydrogen) atoms. The smallest absolute Gasteiger partial charge is 0.406 e. The van der Waals surface area contributed by atoms with Gasteiger partial charge in [0.1, 0.15) is 12.3 Å². The van der Waals surface area contributed by atoms with E-state index in [1.807, 2.05) is 20.8 Å². The number of rotatable bonds is 4. The number of carbonyl (C=O) groups is 1. The summed E-state index contributed by atoms with van der Waals surface area (Å²) in [6.07, 6.45) is 3.41. The van der Waals surface area contributed by atoms with Crippen LogP contribution in [-0.4, -0.2) is 53.3 Å². The lowest BCUT2D eigenvalue weighted by molar-refractivity contribution is -0.440. The maximum absolute atomic E-state index is 11.7. The van der Waals surface area contributed by atoms with Gasteiger partial charge in [-0.15, -0.1) is 4.58 Å². The Morgan fingerprint density at radius 3 is 2.63 bits per heavy atom. The third kappa shape index (κ3) is 6.16. The number of aliphatic hydroxyl groups is 1. The molecule has 0 saturated heterocycles. The first-order chi connectivity index (χ1) is 8.79. The number of amides is 1. The quantitative estimate of drug-likeness (QED) is 0.601. The molecule has 0 bridgehead atoms. The third-order valence-corrected chi connectivity index (χ3v) is 3.17. The Bertz CT molecular complexity index is 323. The number of ether oxygens (including phenoxy) is 1. The van der Waals surface area contributed by atoms with Gasteiger partial charge >= 0.3 is 6.09 Å². The molecule has 110 valence electrons. The minimum absolute atomic E-state index is 0.140. The number of carbonyl (C=O) groups excluding carboxylic acids is 1. The van der Waals surface area contributed by atoms with Crippen molar-refractivity contribution in [1.29, 1.82) is 0 Å². The summed E-state index contributed by atoms with van der Waals surface area (Å²) in [5.41, 5.74) is -0.500. The lowest BCUT2D eigenvalue weighted by Gasteiger charge is -2.28. The van der Waals surface area contributed by atoms with Crippen molar-refractivity contribution in [1.82, 2.24) is 5.32 Å². The van der Waals surface area contributed by atoms with E-state index in [-0.39, 0.29) is 12.1 Å². The van der Waals surface area contributed by atoms with Gasteiger partial charge in [0.25, 0.3) is 0 Å². The molecule has 2 unspecified atom stereocenters. The van der Waals surface area contributed by atoms with Crippen molar-refractivity contribution in [3.8, 4) is 0 Å². The van der Waals surface area contributed by atoms with Crippen molar-refractivity contribution >= 4 is 12.8 Å². The highest BCUT2D eigenvalue weighted by molar-refractivity contribution is 5.60. The second-order valence-corrected chi connectivity index (χ2v) is 6.16. The molecule has 0 aromatic heterocycles. The zero-order valence-electron chi connectivity index (χ0n) is 12.3. The van der Waals surface area contributed by atoms with Gasteiger partial charge in [0.2, 0.25) is 0 Å². The molecule has 0 aromatic carbocycles. The molecule has 1 aliphatic rings. The van der Waals surface area contributed by atoms with E-state index in [0.29, 0.717) is 13.1 Å². The predicted octanol–water partition coefficient (Wildman–Crippen LogP) is 1.53. The van der Waals surface area contributed by atoms with Gasteiger partial charge in [-0.3, -0.25) is 0 Å². The summed E-state index contributed by atoms with van der Waals surface area (Å²) in [4.78, 5) is 11.7. The summed E-state index contributed by atoms with van der Waals surface area (Å²) < 4.78 is 6.52. The van der Waals surface area contributed by atoms with Gasteiger partial charge in [-0.2, -0.15) is 4.79 Å². The fraction of sp³-hybridized carbons (Fsp3) is 0.857. The van der Waals surface area contributed by atoms with Gasteiger partial charge < -0.3 is 15.2 Å². The minimum Gasteiger partial charge on any atom is -0.406 e. The van der Waals surface area contributed by atoms with Crippen LogP contribution in [0.4, 0.5) is 4.79 Å². The molecule has 1 amide bonds. The summed E-state index contributed by atoms with van der Waals surface area (Å²) in [7, 11) is 0. The number of nitrogens with one attached hydrogen (secondary N) is 1. The lowest BCUT2D eigenvalue weighted by atomic mass is 9.93. The Labute approximate surface area is 115 Å². The summed E-state index contributed by atoms with van der Waals surface area (Å²) in [6, 6.07) is 0.140. The monoisotopic (exact) mass is 271 g/mol. The topological polar surface area (TPSA) is 61.6 Å². The van der Waals surface area contributed by atoms with Gasteiger partial charge in [0, 0.05) is 6.04 Å². The van der Waals surface area contributed by atoms with Crippen LogP contribution in [0.1, 0.15) is 46.5 Å². The van der Waals surface area contributed by atoms with Crippen molar-refractivity contribution in [2.24, 2.45) is 0 Å². The Morgan fingerprint density at radius 2 is 2.05 bits per heavy atom. The molecule has 0 aliphatic heterocycles. The van der Waals surface area contributed by atoms with Crippen molar-refractivity contribution < 1.29 is 19.2 Å². The number of hydrogen-bond donors (Lipinski definition) is 2. The highest BCUT2D eigenvalue weighted by Gasteiger charge is 2.26. The molecule has 5 heteroatoms. The van der Waals surface area contributed by atoms with E-state index in [1.165, 1.54) is 4.58 Å². The Balaban J connectivity index is 2.25. The molecule has 2 atom stereocenters. The summed E-state index contributed by atoms with van der Waals surface area (Å²) >= 11 is 0. The van der Waals surface area contributed by atoms with Crippen LogP contribution in [-0.2, 0) is 4.74 Å². The summed E-state index contributed by atoms with van der Waals surface area (Å²) in [5, 5.41) is 13.1. The van der Waals surface area contributed by atoms with Crippen molar-refractivity contribution in [2.75, 3.05) is 13.1 Å². The van der Waals surface area contributed by atoms with Crippen LogP contribution in [0.5, 0.6) is 0 Å². The van der Waals surface area contributed by atoms with E-state index >= 15 is 0 Å². The molecule has 1 saturated carbocycles. The normalized spacial score (nSPS) is 24.0. The molecule has 0 heterocycles. The maximum Gasteiger partial charge on any atom is 0.596 e. The van der Waals surface area contributed by atoms with Crippen LogP contribution >= 0.6 is 0 Å². The van der Waals surface area contributed by atoms with E-state index in [0.717, 1.165) is 25.7 Å². The second kappa shape index (κ2) is 7.01. The zero-order valence-corrected chi connectivity index (χ0v) is 12.3. The van der Waals surface area contributed by atoms with Crippen LogP contribution in [0.3, 0.4) is 0 Å². The van der Waals surface area contributed by atoms with Crippen molar-refractivity contribution in [3.63, 3.8) is 0 Å². The first-order valence-electron chi connectivity index (χ1n) is 7.02. The van der Waals surface area contributed by atoms with Crippen molar-refractivity contribution in [2.45, 2.75) is 64.2 Å². The first-order valence-corrected chi connectivity index (χ1v) is 7.02. The van der Waals surface area contributed by atoms with E-state index in [9.17, 15) is 9.90 Å². The van der Waals surface area contributed by atoms with Gasteiger partial charge in [0.05, 0.1) is 12.6 Å². The van der Waals surface area contributed by atoms with E-state index in [1.54, 1.807) is 0 Å². The van der Waals surface area contributed by atoms with Crippen LogP contribution in [0, 0.1) is 0 Å². The van der Waals surface area contributed by atoms with E-state index < -0.39 is 11.7 Å². The average molecular weight is 271 g/mol. The zero-order chi connectivity index (χ0) is 14.5. The minimum atomic E-state index is -0.500. The van der Waals surface area contributed by atoms with Gasteiger partial charge in [-0.1, -0.05) is 12.8 Å². The Kier molecular flexibility index (Phi) is 5.94. The molecule has 0 aromatic rings. The highest BCUT2D eigenvalue weighted by atomic mass is 16.6. The fourth-order valence-electron chi connectivity index (χ4n) is 2.15. The van der Waals surface area contributed by atoms with Crippen molar-refractivity contribution in [3.05, 3.63) is 0 Å². The summed E-state index contributed by atoms with van der Waals surface area (Å²) in [6.45, 7) is 10.3. The summed E-state index contributed by atoms with van der Waals surface area (Å²) in [5.74, 6) is 0. The van der Waals surface area contributed by atoms with E-state index in [4.69, 9.17) is 4.74 Å². The number of aliphatic hydroxyl groups excluding tert-OH is 1. The second-order valence-electron chi connectivity index (χ2n) is 6.16. The molecule has 5 nitrogen and oxygen atoms in total. The fourth-order valence-corrected chi connectivity index (χ4v) is 2.15. The first kappa shape index (κ1) is 16.1. The van der Waals surface area contributed by atoms with Gasteiger partial charge in [0.15, 0.2) is 6.54 Å². The largest absolute Gasteiger partial charge is 0.596 e. The van der Waals surface area contributed by atoms with Crippen LogP contribution in [0.2, 0.25) is 0 Å². The Morgan fingerprint density at radius 1 is 1.42 bits per heavy atom. The van der Waals surface area contributed by atoms with Crippen LogP contribution in [0.15, 0.2) is 0 Å². The highest BCUT2D eigenvalue weighted by Crippen LogP contribution is 2.18. The van der Waals surface area contributed by atoms with Gasteiger partial charge in [-0.05, 0) is 33.6 Å². The lowest BCUT2D eigenvalue weighted by Crippen LogP contribution is -2.44. The molecule has 1 rings (SSSR count). The van der Waals surface area contributed by atoms with Crippen LogP contribution in [0.25, 0.3) is 0 Å². The van der Waals surface area contributed by atoms with Gasteiger partial charge in [-0.25, -0.2) is 0 Å². The maximum atomic E-state index is 11.7. The third-order valence-electron chi connectivity index (χ3n) is 3.17. The predicted molar refractivity (Wildman–Crippen MR) is 74.7 cm³/mol. The molecular weight excluding hydrogens is 244 g/mol. The molecule has 2 N–H and O–H groups in total. The molecule has 1 fully saturated rings. The van der Waals surface area contributed by atoms with E-state index in [2.05, 4.69) is 12.0 Å². The molecule has 1 aliphatic carbocycles. The molecule has 0 radical (unpaired) electrons. The molecule has 0 spiro atoms. The molecular formula is C14H27N2O3+. The average Bonchev–Trinajstić information content (AvgIpc) is 2.29. The number of nitrogens with zero attached hydrogens (tertiary/aromatic N) is 1. The Hall–Kier alpha value is -0.940. The SMILES string of the molecule is C=[N+](CCNC1CCCCC1O)C(=O)OC(C)(C)C.